The van der Waals surface area contributed by atoms with Gasteiger partial charge in [0, 0.05) is 34.5 Å². The van der Waals surface area contributed by atoms with Crippen LogP contribution in [0.3, 0.4) is 0 Å². The summed E-state index contributed by atoms with van der Waals surface area (Å²) in [5.74, 6) is 0. The van der Waals surface area contributed by atoms with Crippen molar-refractivity contribution in [2.45, 2.75) is 32.6 Å². The van der Waals surface area contributed by atoms with E-state index in [-0.39, 0.29) is 6.04 Å². The Hall–Kier alpha value is -1.50. The Balaban J connectivity index is 2.12. The van der Waals surface area contributed by atoms with E-state index in [4.69, 9.17) is 0 Å². The third-order valence-corrected chi connectivity index (χ3v) is 3.65. The van der Waals surface area contributed by atoms with Gasteiger partial charge in [0.05, 0.1) is 11.8 Å². The van der Waals surface area contributed by atoms with Crippen molar-refractivity contribution in [3.05, 3.63) is 46.2 Å². The average Bonchev–Trinajstić information content (AvgIpc) is 2.85. The SMILES string of the molecule is CC(C)n1cc(CNc2cc(C(F)(F)F)ccc2Br)cn1. The minimum atomic E-state index is -4.35. The minimum Gasteiger partial charge on any atom is -0.380 e. The van der Waals surface area contributed by atoms with Crippen LogP contribution in [0.2, 0.25) is 0 Å². The Bertz CT molecular complexity index is 620. The second kappa shape index (κ2) is 6.09. The van der Waals surface area contributed by atoms with Crippen molar-refractivity contribution in [2.24, 2.45) is 0 Å². The summed E-state index contributed by atoms with van der Waals surface area (Å²) in [6.07, 6.45) is -0.770. The van der Waals surface area contributed by atoms with E-state index in [1.807, 2.05) is 20.0 Å². The number of anilines is 1. The Kier molecular flexibility index (Phi) is 4.61. The summed E-state index contributed by atoms with van der Waals surface area (Å²) in [4.78, 5) is 0. The predicted octanol–water partition coefficient (Wildman–Crippen LogP) is 4.86. The van der Waals surface area contributed by atoms with E-state index in [1.54, 1.807) is 10.9 Å². The normalized spacial score (nSPS) is 12.0. The van der Waals surface area contributed by atoms with Crippen LogP contribution in [0.4, 0.5) is 18.9 Å². The van der Waals surface area contributed by atoms with Crippen LogP contribution in [-0.4, -0.2) is 9.78 Å². The third kappa shape index (κ3) is 4.00. The lowest BCUT2D eigenvalue weighted by Crippen LogP contribution is -2.07. The van der Waals surface area contributed by atoms with E-state index < -0.39 is 11.7 Å². The summed E-state index contributed by atoms with van der Waals surface area (Å²) in [5.41, 5.74) is 0.640. The first-order valence-electron chi connectivity index (χ1n) is 6.41. The van der Waals surface area contributed by atoms with Gasteiger partial charge in [-0.25, -0.2) is 0 Å². The Morgan fingerprint density at radius 2 is 2.05 bits per heavy atom. The molecule has 1 aromatic carbocycles. The zero-order valence-corrected chi connectivity index (χ0v) is 13.2. The van der Waals surface area contributed by atoms with Gasteiger partial charge in [-0.05, 0) is 48.0 Å². The molecule has 2 aromatic rings. The van der Waals surface area contributed by atoms with Crippen LogP contribution < -0.4 is 5.32 Å². The van der Waals surface area contributed by atoms with Gasteiger partial charge in [-0.2, -0.15) is 18.3 Å². The van der Waals surface area contributed by atoms with Crippen LogP contribution in [0.5, 0.6) is 0 Å². The van der Waals surface area contributed by atoms with Crippen LogP contribution in [-0.2, 0) is 12.7 Å². The number of nitrogens with one attached hydrogen (secondary N) is 1. The maximum atomic E-state index is 12.7. The van der Waals surface area contributed by atoms with Crippen molar-refractivity contribution in [3.8, 4) is 0 Å². The van der Waals surface area contributed by atoms with Crippen LogP contribution in [0, 0.1) is 0 Å². The summed E-state index contributed by atoms with van der Waals surface area (Å²) in [6.45, 7) is 4.42. The average molecular weight is 362 g/mol. The monoisotopic (exact) mass is 361 g/mol. The van der Waals surface area contributed by atoms with Gasteiger partial charge in [0.25, 0.3) is 0 Å². The molecule has 0 saturated carbocycles. The van der Waals surface area contributed by atoms with E-state index >= 15 is 0 Å². The lowest BCUT2D eigenvalue weighted by molar-refractivity contribution is -0.137. The quantitative estimate of drug-likeness (QED) is 0.842. The number of hydrogen-bond donors (Lipinski definition) is 1. The molecule has 0 saturated heterocycles. The molecule has 0 aliphatic heterocycles. The molecule has 0 fully saturated rings. The highest BCUT2D eigenvalue weighted by atomic mass is 79.9. The molecule has 1 N–H and O–H groups in total. The number of halogens is 4. The maximum Gasteiger partial charge on any atom is 0.416 e. The van der Waals surface area contributed by atoms with E-state index in [0.29, 0.717) is 16.7 Å². The first-order valence-corrected chi connectivity index (χ1v) is 7.20. The number of hydrogen-bond acceptors (Lipinski definition) is 2. The topological polar surface area (TPSA) is 29.9 Å². The van der Waals surface area contributed by atoms with Crippen molar-refractivity contribution in [2.75, 3.05) is 5.32 Å². The lowest BCUT2D eigenvalue weighted by atomic mass is 10.2. The molecule has 114 valence electrons. The van der Waals surface area contributed by atoms with Crippen molar-refractivity contribution in [1.82, 2.24) is 9.78 Å². The van der Waals surface area contributed by atoms with Crippen LogP contribution in [0.1, 0.15) is 31.0 Å². The number of aromatic nitrogens is 2. The molecule has 0 aliphatic carbocycles. The van der Waals surface area contributed by atoms with Gasteiger partial charge in [0.15, 0.2) is 0 Å². The van der Waals surface area contributed by atoms with Gasteiger partial charge >= 0.3 is 6.18 Å². The van der Waals surface area contributed by atoms with E-state index in [0.717, 1.165) is 17.7 Å². The first kappa shape index (κ1) is 15.9. The minimum absolute atomic E-state index is 0.249. The molecule has 0 radical (unpaired) electrons. The third-order valence-electron chi connectivity index (χ3n) is 2.96. The highest BCUT2D eigenvalue weighted by Gasteiger charge is 2.30. The predicted molar refractivity (Wildman–Crippen MR) is 79.1 cm³/mol. The van der Waals surface area contributed by atoms with E-state index in [1.165, 1.54) is 6.07 Å². The smallest absolute Gasteiger partial charge is 0.380 e. The molecule has 0 amide bonds. The summed E-state index contributed by atoms with van der Waals surface area (Å²) < 4.78 is 40.5. The zero-order valence-electron chi connectivity index (χ0n) is 11.6. The van der Waals surface area contributed by atoms with E-state index in [9.17, 15) is 13.2 Å². The van der Waals surface area contributed by atoms with Crippen molar-refractivity contribution < 1.29 is 13.2 Å². The van der Waals surface area contributed by atoms with E-state index in [2.05, 4.69) is 26.3 Å². The van der Waals surface area contributed by atoms with Crippen molar-refractivity contribution in [1.29, 1.82) is 0 Å². The number of benzene rings is 1. The maximum absolute atomic E-state index is 12.7. The van der Waals surface area contributed by atoms with Crippen molar-refractivity contribution >= 4 is 21.6 Å². The second-order valence-corrected chi connectivity index (χ2v) is 5.82. The van der Waals surface area contributed by atoms with Gasteiger partial charge in [-0.1, -0.05) is 0 Å². The molecule has 7 heteroatoms. The van der Waals surface area contributed by atoms with Crippen molar-refractivity contribution in [3.63, 3.8) is 0 Å². The van der Waals surface area contributed by atoms with Gasteiger partial charge in [0.1, 0.15) is 0 Å². The molecule has 1 heterocycles. The van der Waals surface area contributed by atoms with Crippen LogP contribution in [0.25, 0.3) is 0 Å². The molecule has 0 aliphatic rings. The fourth-order valence-electron chi connectivity index (χ4n) is 1.79. The fraction of sp³-hybridized carbons (Fsp3) is 0.357. The van der Waals surface area contributed by atoms with Gasteiger partial charge in [-0.3, -0.25) is 4.68 Å². The summed E-state index contributed by atoms with van der Waals surface area (Å²) >= 11 is 3.25. The molecule has 0 unspecified atom stereocenters. The molecule has 0 atom stereocenters. The van der Waals surface area contributed by atoms with Crippen LogP contribution >= 0.6 is 15.9 Å². The highest BCUT2D eigenvalue weighted by molar-refractivity contribution is 9.10. The van der Waals surface area contributed by atoms with Gasteiger partial charge in [-0.15, -0.1) is 0 Å². The Labute approximate surface area is 129 Å². The zero-order chi connectivity index (χ0) is 15.6. The number of rotatable bonds is 4. The fourth-order valence-corrected chi connectivity index (χ4v) is 2.17. The lowest BCUT2D eigenvalue weighted by Gasteiger charge is -2.12. The largest absolute Gasteiger partial charge is 0.416 e. The standard InChI is InChI=1S/C14H15BrF3N3/c1-9(2)21-8-10(7-20-21)6-19-13-5-11(14(16,17)18)3-4-12(13)15/h3-5,7-9,19H,6H2,1-2H3. The second-order valence-electron chi connectivity index (χ2n) is 4.97. The number of alkyl halides is 3. The van der Waals surface area contributed by atoms with Gasteiger partial charge < -0.3 is 5.32 Å². The first-order chi connectivity index (χ1) is 9.77. The molecular weight excluding hydrogens is 347 g/mol. The molecule has 2 rings (SSSR count). The number of nitrogens with zero attached hydrogens (tertiary/aromatic N) is 2. The molecule has 0 bridgehead atoms. The summed E-state index contributed by atoms with van der Waals surface area (Å²) in [7, 11) is 0. The summed E-state index contributed by atoms with van der Waals surface area (Å²) in [6, 6.07) is 3.78. The van der Waals surface area contributed by atoms with Crippen LogP contribution in [0.15, 0.2) is 35.1 Å². The molecule has 1 aromatic heterocycles. The molecular formula is C14H15BrF3N3. The molecule has 21 heavy (non-hydrogen) atoms. The highest BCUT2D eigenvalue weighted by Crippen LogP contribution is 2.34. The molecule has 3 nitrogen and oxygen atoms in total. The van der Waals surface area contributed by atoms with Gasteiger partial charge in [0.2, 0.25) is 0 Å². The Morgan fingerprint density at radius 1 is 1.33 bits per heavy atom. The Morgan fingerprint density at radius 3 is 2.62 bits per heavy atom. The summed E-state index contributed by atoms with van der Waals surface area (Å²) in [5, 5.41) is 7.19. The molecule has 0 spiro atoms.